The van der Waals surface area contributed by atoms with Crippen molar-refractivity contribution in [1.82, 2.24) is 10.2 Å². The van der Waals surface area contributed by atoms with Crippen molar-refractivity contribution in [1.29, 1.82) is 0 Å². The third kappa shape index (κ3) is 7.65. The molecule has 4 nitrogen and oxygen atoms in total. The van der Waals surface area contributed by atoms with Crippen LogP contribution in [0.15, 0.2) is 0 Å². The topological polar surface area (TPSA) is 41.6 Å². The molecule has 2 atom stereocenters. The molecule has 4 heteroatoms. The van der Waals surface area contributed by atoms with E-state index >= 15 is 0 Å². The molecule has 0 aliphatic rings. The van der Waals surface area contributed by atoms with Crippen LogP contribution in [0, 0.1) is 0 Å². The molecule has 0 saturated carbocycles. The zero-order chi connectivity index (χ0) is 12.9. The van der Waals surface area contributed by atoms with Crippen molar-refractivity contribution in [3.05, 3.63) is 0 Å². The van der Waals surface area contributed by atoms with Crippen LogP contribution in [0.3, 0.4) is 0 Å². The van der Waals surface area contributed by atoms with Crippen LogP contribution in [0.4, 0.5) is 0 Å². The van der Waals surface area contributed by atoms with Crippen LogP contribution in [0.5, 0.6) is 0 Å². The van der Waals surface area contributed by atoms with Crippen LogP contribution in [0.25, 0.3) is 0 Å². The number of hydrogen-bond acceptors (Lipinski definition) is 4. The van der Waals surface area contributed by atoms with Gasteiger partial charge in [-0.05, 0) is 48.7 Å². The van der Waals surface area contributed by atoms with E-state index in [9.17, 15) is 4.79 Å². The van der Waals surface area contributed by atoms with Crippen molar-refractivity contribution in [2.75, 3.05) is 20.6 Å². The summed E-state index contributed by atoms with van der Waals surface area (Å²) in [5.74, 6) is -0.196. The van der Waals surface area contributed by atoms with E-state index in [1.54, 1.807) is 0 Å². The Hall–Kier alpha value is -0.610. The lowest BCUT2D eigenvalue weighted by molar-refractivity contribution is -0.157. The summed E-state index contributed by atoms with van der Waals surface area (Å²) in [5, 5.41) is 3.22. The fourth-order valence-corrected chi connectivity index (χ4v) is 1.49. The second kappa shape index (κ2) is 6.21. The molecule has 0 aliphatic carbocycles. The summed E-state index contributed by atoms with van der Waals surface area (Å²) < 4.78 is 5.29. The summed E-state index contributed by atoms with van der Waals surface area (Å²) in [6, 6.07) is -0.00769. The number of carbonyl (C=O) groups is 1. The SMILES string of the molecule is CC(CN(C)C)NC(C)C(=O)OC(C)(C)C. The molecule has 2 unspecified atom stereocenters. The predicted octanol–water partition coefficient (Wildman–Crippen LogP) is 1.26. The molecule has 0 aromatic carbocycles. The zero-order valence-corrected chi connectivity index (χ0v) is 11.6. The van der Waals surface area contributed by atoms with Gasteiger partial charge in [-0.3, -0.25) is 4.79 Å². The van der Waals surface area contributed by atoms with Crippen LogP contribution in [-0.4, -0.2) is 49.2 Å². The van der Waals surface area contributed by atoms with Crippen molar-refractivity contribution >= 4 is 5.97 Å². The minimum atomic E-state index is -0.419. The minimum Gasteiger partial charge on any atom is -0.459 e. The second-order valence-corrected chi connectivity index (χ2v) is 5.59. The smallest absolute Gasteiger partial charge is 0.323 e. The molecule has 0 spiro atoms. The lowest BCUT2D eigenvalue weighted by Gasteiger charge is -2.25. The normalized spacial score (nSPS) is 16.0. The lowest BCUT2D eigenvalue weighted by atomic mass is 10.2. The molecule has 0 aromatic heterocycles. The quantitative estimate of drug-likeness (QED) is 0.722. The average molecular weight is 230 g/mol. The number of nitrogens with one attached hydrogen (secondary N) is 1. The van der Waals surface area contributed by atoms with Gasteiger partial charge in [0.25, 0.3) is 0 Å². The van der Waals surface area contributed by atoms with Gasteiger partial charge in [0.05, 0.1) is 0 Å². The van der Waals surface area contributed by atoms with Gasteiger partial charge < -0.3 is 15.0 Å². The maximum atomic E-state index is 11.7. The summed E-state index contributed by atoms with van der Waals surface area (Å²) in [6.07, 6.45) is 0. The maximum absolute atomic E-state index is 11.7. The van der Waals surface area contributed by atoms with Crippen LogP contribution in [0.2, 0.25) is 0 Å². The number of carbonyl (C=O) groups excluding carboxylic acids is 1. The highest BCUT2D eigenvalue weighted by atomic mass is 16.6. The number of ether oxygens (including phenoxy) is 1. The summed E-state index contributed by atoms with van der Waals surface area (Å²) in [4.78, 5) is 13.8. The van der Waals surface area contributed by atoms with E-state index in [1.807, 2.05) is 41.8 Å². The first-order valence-electron chi connectivity index (χ1n) is 5.75. The Morgan fingerprint density at radius 2 is 1.81 bits per heavy atom. The van der Waals surface area contributed by atoms with Gasteiger partial charge in [0.1, 0.15) is 11.6 Å². The van der Waals surface area contributed by atoms with Gasteiger partial charge in [-0.15, -0.1) is 0 Å². The average Bonchev–Trinajstić information content (AvgIpc) is 1.98. The van der Waals surface area contributed by atoms with E-state index in [1.165, 1.54) is 0 Å². The molecule has 0 saturated heterocycles. The summed E-state index contributed by atoms with van der Waals surface area (Å²) >= 11 is 0. The number of hydrogen-bond donors (Lipinski definition) is 1. The number of esters is 1. The Kier molecular flexibility index (Phi) is 5.97. The highest BCUT2D eigenvalue weighted by Crippen LogP contribution is 2.08. The predicted molar refractivity (Wildman–Crippen MR) is 66.5 cm³/mol. The van der Waals surface area contributed by atoms with E-state index < -0.39 is 5.60 Å². The molecule has 0 heterocycles. The molecule has 0 amide bonds. The van der Waals surface area contributed by atoms with Crippen molar-refractivity contribution in [2.24, 2.45) is 0 Å². The fourth-order valence-electron chi connectivity index (χ4n) is 1.49. The molecule has 0 radical (unpaired) electrons. The first kappa shape index (κ1) is 15.4. The van der Waals surface area contributed by atoms with E-state index in [0.717, 1.165) is 6.54 Å². The largest absolute Gasteiger partial charge is 0.459 e. The van der Waals surface area contributed by atoms with Gasteiger partial charge in [-0.25, -0.2) is 0 Å². The van der Waals surface area contributed by atoms with Crippen LogP contribution in [-0.2, 0) is 9.53 Å². The summed E-state index contributed by atoms with van der Waals surface area (Å²) in [6.45, 7) is 10.4. The molecule has 0 aromatic rings. The Morgan fingerprint density at radius 1 is 1.31 bits per heavy atom. The molecular weight excluding hydrogens is 204 g/mol. The van der Waals surface area contributed by atoms with Crippen molar-refractivity contribution < 1.29 is 9.53 Å². The summed E-state index contributed by atoms with van der Waals surface area (Å²) in [5.41, 5.74) is -0.419. The Morgan fingerprint density at radius 3 is 2.19 bits per heavy atom. The second-order valence-electron chi connectivity index (χ2n) is 5.59. The highest BCUT2D eigenvalue weighted by molar-refractivity contribution is 5.75. The molecule has 0 aliphatic heterocycles. The van der Waals surface area contributed by atoms with Crippen LogP contribution in [0.1, 0.15) is 34.6 Å². The van der Waals surface area contributed by atoms with E-state index in [0.29, 0.717) is 0 Å². The lowest BCUT2D eigenvalue weighted by Crippen LogP contribution is -2.46. The monoisotopic (exact) mass is 230 g/mol. The van der Waals surface area contributed by atoms with Gasteiger partial charge in [0, 0.05) is 12.6 Å². The molecule has 16 heavy (non-hydrogen) atoms. The number of rotatable bonds is 5. The number of nitrogens with zero attached hydrogens (tertiary/aromatic N) is 1. The van der Waals surface area contributed by atoms with E-state index in [4.69, 9.17) is 4.74 Å². The first-order valence-corrected chi connectivity index (χ1v) is 5.75. The molecule has 96 valence electrons. The Labute approximate surface area is 99.3 Å². The molecular formula is C12H26N2O2. The van der Waals surface area contributed by atoms with Crippen molar-refractivity contribution in [2.45, 2.75) is 52.3 Å². The Balaban J connectivity index is 4.05. The molecule has 0 fully saturated rings. The van der Waals surface area contributed by atoms with E-state index in [2.05, 4.69) is 17.1 Å². The fraction of sp³-hybridized carbons (Fsp3) is 0.917. The zero-order valence-electron chi connectivity index (χ0n) is 11.6. The van der Waals surface area contributed by atoms with Gasteiger partial charge in [-0.1, -0.05) is 0 Å². The standard InChI is InChI=1S/C12H26N2O2/c1-9(8-14(6)7)13-10(2)11(15)16-12(3,4)5/h9-10,13H,8H2,1-7H3. The third-order valence-electron chi connectivity index (χ3n) is 1.93. The molecule has 0 bridgehead atoms. The van der Waals surface area contributed by atoms with Gasteiger partial charge in [0.15, 0.2) is 0 Å². The van der Waals surface area contributed by atoms with Crippen molar-refractivity contribution in [3.63, 3.8) is 0 Å². The Bertz CT molecular complexity index is 222. The van der Waals surface area contributed by atoms with Gasteiger partial charge >= 0.3 is 5.97 Å². The highest BCUT2D eigenvalue weighted by Gasteiger charge is 2.22. The number of likely N-dealkylation sites (N-methyl/N-ethyl adjacent to an activating group) is 1. The van der Waals surface area contributed by atoms with Crippen molar-refractivity contribution in [3.8, 4) is 0 Å². The van der Waals surface area contributed by atoms with Crippen LogP contribution < -0.4 is 5.32 Å². The summed E-state index contributed by atoms with van der Waals surface area (Å²) in [7, 11) is 4.02. The maximum Gasteiger partial charge on any atom is 0.323 e. The molecule has 1 N–H and O–H groups in total. The van der Waals surface area contributed by atoms with Crippen LogP contribution >= 0.6 is 0 Å². The van der Waals surface area contributed by atoms with Gasteiger partial charge in [-0.2, -0.15) is 0 Å². The van der Waals surface area contributed by atoms with E-state index in [-0.39, 0.29) is 18.1 Å². The third-order valence-corrected chi connectivity index (χ3v) is 1.93. The van der Waals surface area contributed by atoms with Gasteiger partial charge in [0.2, 0.25) is 0 Å². The minimum absolute atomic E-state index is 0.196. The molecule has 0 rings (SSSR count). The first-order chi connectivity index (χ1) is 7.11.